The molecule has 0 amide bonds. The Bertz CT molecular complexity index is 525. The number of hydrogen-bond acceptors (Lipinski definition) is 3. The van der Waals surface area contributed by atoms with E-state index in [0.717, 1.165) is 18.2 Å². The molecule has 1 aromatic rings. The number of alkyl halides is 3. The molecule has 0 aliphatic heterocycles. The van der Waals surface area contributed by atoms with Crippen LogP contribution in [0.15, 0.2) is 29.2 Å². The lowest BCUT2D eigenvalue weighted by molar-refractivity contribution is -0.139. The fourth-order valence-electron chi connectivity index (χ4n) is 1.52. The predicted octanol–water partition coefficient (Wildman–Crippen LogP) is 1.72. The Hall–Kier alpha value is -1.12. The molecule has 3 N–H and O–H groups in total. The lowest BCUT2D eigenvalue weighted by atomic mass is 10.2. The van der Waals surface area contributed by atoms with Crippen molar-refractivity contribution >= 4 is 10.0 Å². The molecule has 0 saturated heterocycles. The monoisotopic (exact) mass is 296 g/mol. The molecule has 0 aliphatic carbocycles. The van der Waals surface area contributed by atoms with Crippen LogP contribution in [0.3, 0.4) is 0 Å². The highest BCUT2D eigenvalue weighted by Crippen LogP contribution is 2.33. The van der Waals surface area contributed by atoms with Gasteiger partial charge in [0.25, 0.3) is 0 Å². The van der Waals surface area contributed by atoms with Crippen molar-refractivity contribution in [3.63, 3.8) is 0 Å². The van der Waals surface area contributed by atoms with E-state index in [0.29, 0.717) is 6.42 Å². The summed E-state index contributed by atoms with van der Waals surface area (Å²) in [7, 11) is -4.25. The lowest BCUT2D eigenvalue weighted by Gasteiger charge is -2.17. The smallest absolute Gasteiger partial charge is 0.329 e. The van der Waals surface area contributed by atoms with E-state index in [1.165, 1.54) is 6.07 Å². The third-order valence-electron chi connectivity index (χ3n) is 2.58. The maximum absolute atomic E-state index is 12.8. The molecule has 1 rings (SSSR count). The molecule has 0 saturated carbocycles. The van der Waals surface area contributed by atoms with Crippen molar-refractivity contribution in [2.24, 2.45) is 5.73 Å². The van der Waals surface area contributed by atoms with Crippen LogP contribution in [0.25, 0.3) is 0 Å². The van der Waals surface area contributed by atoms with Crippen LogP contribution >= 0.6 is 0 Å². The van der Waals surface area contributed by atoms with E-state index in [-0.39, 0.29) is 6.54 Å². The van der Waals surface area contributed by atoms with Gasteiger partial charge in [-0.15, -0.1) is 0 Å². The van der Waals surface area contributed by atoms with E-state index >= 15 is 0 Å². The fraction of sp³-hybridized carbons (Fsp3) is 0.455. The van der Waals surface area contributed by atoms with Gasteiger partial charge < -0.3 is 5.73 Å². The summed E-state index contributed by atoms with van der Waals surface area (Å²) in [5, 5.41) is 0. The zero-order chi connectivity index (χ0) is 14.7. The first-order valence-electron chi connectivity index (χ1n) is 5.61. The van der Waals surface area contributed by atoms with Gasteiger partial charge in [0.2, 0.25) is 10.0 Å². The fourth-order valence-corrected chi connectivity index (χ4v) is 3.08. The largest absolute Gasteiger partial charge is 0.417 e. The third-order valence-corrected chi connectivity index (χ3v) is 4.16. The molecule has 1 aromatic carbocycles. The molecule has 0 aliphatic rings. The molecule has 1 atom stereocenters. The van der Waals surface area contributed by atoms with Gasteiger partial charge >= 0.3 is 6.18 Å². The molecule has 0 aromatic heterocycles. The minimum absolute atomic E-state index is 0.0178. The molecule has 0 bridgehead atoms. The summed E-state index contributed by atoms with van der Waals surface area (Å²) in [6.07, 6.45) is -4.33. The molecule has 0 radical (unpaired) electrons. The molecule has 0 spiro atoms. The van der Waals surface area contributed by atoms with Crippen LogP contribution in [0.2, 0.25) is 0 Å². The minimum atomic E-state index is -4.73. The van der Waals surface area contributed by atoms with Gasteiger partial charge in [-0.2, -0.15) is 13.2 Å². The van der Waals surface area contributed by atoms with Gasteiger partial charge in [-0.3, -0.25) is 0 Å². The topological polar surface area (TPSA) is 72.2 Å². The van der Waals surface area contributed by atoms with Crippen LogP contribution in [0.4, 0.5) is 13.2 Å². The van der Waals surface area contributed by atoms with E-state index in [4.69, 9.17) is 5.73 Å². The van der Waals surface area contributed by atoms with Crippen LogP contribution < -0.4 is 10.5 Å². The molecule has 0 fully saturated rings. The standard InChI is InChI=1S/C11H15F3N2O2S/c1-2-8(7-15)16-19(17,18)10-6-4-3-5-9(10)11(12,13)14/h3-6,8,16H,2,7,15H2,1H3. The average Bonchev–Trinajstić information content (AvgIpc) is 2.35. The second kappa shape index (κ2) is 5.89. The number of benzene rings is 1. The van der Waals surface area contributed by atoms with Crippen LogP contribution in [0.1, 0.15) is 18.9 Å². The highest BCUT2D eigenvalue weighted by molar-refractivity contribution is 7.89. The summed E-state index contributed by atoms with van der Waals surface area (Å²) in [6.45, 7) is 1.71. The van der Waals surface area contributed by atoms with Crippen LogP contribution in [-0.4, -0.2) is 21.0 Å². The Morgan fingerprint density at radius 1 is 1.32 bits per heavy atom. The quantitative estimate of drug-likeness (QED) is 0.869. The van der Waals surface area contributed by atoms with E-state index in [2.05, 4.69) is 4.72 Å². The Labute approximate surface area is 109 Å². The van der Waals surface area contributed by atoms with E-state index in [1.54, 1.807) is 6.92 Å². The van der Waals surface area contributed by atoms with Gasteiger partial charge in [0.05, 0.1) is 10.5 Å². The molecule has 8 heteroatoms. The number of rotatable bonds is 5. The summed E-state index contributed by atoms with van der Waals surface area (Å²) >= 11 is 0. The third kappa shape index (κ3) is 3.92. The van der Waals surface area contributed by atoms with Gasteiger partial charge in [-0.25, -0.2) is 13.1 Å². The molecule has 19 heavy (non-hydrogen) atoms. The summed E-state index contributed by atoms with van der Waals surface area (Å²) in [4.78, 5) is -0.783. The van der Waals surface area contributed by atoms with Crippen molar-refractivity contribution in [3.05, 3.63) is 29.8 Å². The first kappa shape index (κ1) is 15.9. The Kier molecular flexibility index (Phi) is 4.94. The Morgan fingerprint density at radius 3 is 2.37 bits per heavy atom. The molecular weight excluding hydrogens is 281 g/mol. The zero-order valence-corrected chi connectivity index (χ0v) is 11.1. The van der Waals surface area contributed by atoms with Crippen LogP contribution in [0.5, 0.6) is 0 Å². The molecule has 0 heterocycles. The molecule has 108 valence electrons. The van der Waals surface area contributed by atoms with Gasteiger partial charge in [0.1, 0.15) is 0 Å². The first-order valence-corrected chi connectivity index (χ1v) is 7.09. The van der Waals surface area contributed by atoms with Gasteiger partial charge in [0.15, 0.2) is 0 Å². The van der Waals surface area contributed by atoms with E-state index in [1.807, 2.05) is 0 Å². The zero-order valence-electron chi connectivity index (χ0n) is 10.2. The van der Waals surface area contributed by atoms with Crippen LogP contribution in [0, 0.1) is 0 Å². The Morgan fingerprint density at radius 2 is 1.89 bits per heavy atom. The number of sulfonamides is 1. The van der Waals surface area contributed by atoms with Crippen molar-refractivity contribution < 1.29 is 21.6 Å². The summed E-state index contributed by atoms with van der Waals surface area (Å²) in [5.74, 6) is 0. The SMILES string of the molecule is CCC(CN)NS(=O)(=O)c1ccccc1C(F)(F)F. The van der Waals surface area contributed by atoms with Crippen molar-refractivity contribution in [3.8, 4) is 0 Å². The maximum Gasteiger partial charge on any atom is 0.417 e. The number of nitrogens with one attached hydrogen (secondary N) is 1. The molecular formula is C11H15F3N2O2S. The van der Waals surface area contributed by atoms with Crippen molar-refractivity contribution in [1.29, 1.82) is 0 Å². The molecule has 4 nitrogen and oxygen atoms in total. The van der Waals surface area contributed by atoms with Crippen molar-refractivity contribution in [2.75, 3.05) is 6.54 Å². The van der Waals surface area contributed by atoms with E-state index in [9.17, 15) is 21.6 Å². The van der Waals surface area contributed by atoms with Crippen LogP contribution in [-0.2, 0) is 16.2 Å². The predicted molar refractivity (Wildman–Crippen MR) is 64.9 cm³/mol. The average molecular weight is 296 g/mol. The number of nitrogens with two attached hydrogens (primary N) is 1. The van der Waals surface area contributed by atoms with E-state index < -0.39 is 32.7 Å². The normalized spacial score (nSPS) is 14.4. The number of halogens is 3. The van der Waals surface area contributed by atoms with Gasteiger partial charge in [-0.05, 0) is 18.6 Å². The molecule has 1 unspecified atom stereocenters. The highest BCUT2D eigenvalue weighted by Gasteiger charge is 2.37. The van der Waals surface area contributed by atoms with Gasteiger partial charge in [-0.1, -0.05) is 19.1 Å². The second-order valence-electron chi connectivity index (χ2n) is 3.96. The van der Waals surface area contributed by atoms with Crippen molar-refractivity contribution in [1.82, 2.24) is 4.72 Å². The summed E-state index contributed by atoms with van der Waals surface area (Å²) in [5.41, 5.74) is 4.16. The summed E-state index contributed by atoms with van der Waals surface area (Å²) in [6, 6.07) is 3.45. The minimum Gasteiger partial charge on any atom is -0.329 e. The van der Waals surface area contributed by atoms with Gasteiger partial charge in [0, 0.05) is 12.6 Å². The number of hydrogen-bond donors (Lipinski definition) is 2. The second-order valence-corrected chi connectivity index (χ2v) is 5.64. The summed E-state index contributed by atoms with van der Waals surface area (Å²) < 4.78 is 64.4. The highest BCUT2D eigenvalue weighted by atomic mass is 32.2. The maximum atomic E-state index is 12.8. The first-order chi connectivity index (χ1) is 8.72. The lowest BCUT2D eigenvalue weighted by Crippen LogP contribution is -2.40. The van der Waals surface area contributed by atoms with Crippen molar-refractivity contribution in [2.45, 2.75) is 30.5 Å². The Balaban J connectivity index is 3.23.